The van der Waals surface area contributed by atoms with Crippen molar-refractivity contribution >= 4 is 26.7 Å². The Bertz CT molecular complexity index is 470. The molecule has 0 heterocycles. The molecule has 0 N–H and O–H groups in total. The maximum Gasteiger partial charge on any atom is 0.00313 e. The van der Waals surface area contributed by atoms with Gasteiger partial charge in [0.1, 0.15) is 0 Å². The van der Waals surface area contributed by atoms with E-state index in [1.165, 1.54) is 54.9 Å². The van der Waals surface area contributed by atoms with Crippen LogP contribution in [0.2, 0.25) is 0 Å². The second-order valence-corrected chi connectivity index (χ2v) is 5.64. The molecule has 0 saturated carbocycles. The summed E-state index contributed by atoms with van der Waals surface area (Å²) in [5, 5.41) is 3.95. The van der Waals surface area contributed by atoms with Crippen molar-refractivity contribution in [3.63, 3.8) is 0 Å². The Kier molecular flexibility index (Phi) is 5.73. The van der Waals surface area contributed by atoms with Crippen LogP contribution in [-0.2, 0) is 6.42 Å². The number of unbranched alkanes of at least 4 members (excludes halogenated alkanes) is 4. The number of halogens is 1. The van der Waals surface area contributed by atoms with Crippen LogP contribution in [0.15, 0.2) is 42.5 Å². The molecule has 0 fully saturated rings. The van der Waals surface area contributed by atoms with Crippen molar-refractivity contribution in [2.45, 2.75) is 38.5 Å². The average molecular weight is 305 g/mol. The average Bonchev–Trinajstić information content (AvgIpc) is 2.43. The molecule has 0 aliphatic carbocycles. The predicted octanol–water partition coefficient (Wildman–Crippen LogP) is 5.73. The van der Waals surface area contributed by atoms with Crippen LogP contribution in [0.25, 0.3) is 10.8 Å². The van der Waals surface area contributed by atoms with Crippen molar-refractivity contribution in [2.24, 2.45) is 0 Å². The minimum absolute atomic E-state index is 1.15. The number of alkyl halides is 1. The monoisotopic (exact) mass is 304 g/mol. The zero-order valence-corrected chi connectivity index (χ0v) is 12.5. The molecule has 18 heavy (non-hydrogen) atoms. The van der Waals surface area contributed by atoms with Crippen molar-refractivity contribution in [3.8, 4) is 0 Å². The molecule has 0 amide bonds. The van der Waals surface area contributed by atoms with E-state index in [0.29, 0.717) is 0 Å². The van der Waals surface area contributed by atoms with Gasteiger partial charge in [-0.2, -0.15) is 0 Å². The van der Waals surface area contributed by atoms with Crippen LogP contribution in [0.3, 0.4) is 0 Å². The van der Waals surface area contributed by atoms with E-state index in [4.69, 9.17) is 0 Å². The van der Waals surface area contributed by atoms with Crippen LogP contribution in [0.4, 0.5) is 0 Å². The molecule has 0 unspecified atom stereocenters. The normalized spacial score (nSPS) is 10.9. The molecule has 2 rings (SSSR count). The Balaban J connectivity index is 1.88. The maximum absolute atomic E-state index is 3.48. The Morgan fingerprint density at radius 2 is 1.44 bits per heavy atom. The first-order chi connectivity index (χ1) is 8.92. The molecule has 96 valence electrons. The van der Waals surface area contributed by atoms with Gasteiger partial charge in [-0.1, -0.05) is 77.7 Å². The molecule has 0 saturated heterocycles. The minimum atomic E-state index is 1.15. The van der Waals surface area contributed by atoms with Gasteiger partial charge in [-0.15, -0.1) is 0 Å². The summed E-state index contributed by atoms with van der Waals surface area (Å²) in [5.41, 5.74) is 1.51. The van der Waals surface area contributed by atoms with E-state index in [1.54, 1.807) is 0 Å². The molecule has 0 nitrogen and oxygen atoms in total. The quantitative estimate of drug-likeness (QED) is 0.453. The first-order valence-corrected chi connectivity index (χ1v) is 8.06. The molecule has 0 radical (unpaired) electrons. The first-order valence-electron chi connectivity index (χ1n) is 6.94. The predicted molar refractivity (Wildman–Crippen MR) is 84.5 cm³/mol. The van der Waals surface area contributed by atoms with E-state index in [2.05, 4.69) is 58.4 Å². The van der Waals surface area contributed by atoms with Crippen LogP contribution in [0.1, 0.15) is 37.7 Å². The lowest BCUT2D eigenvalue weighted by Gasteiger charge is -2.06. The molecule has 2 aromatic rings. The van der Waals surface area contributed by atoms with Gasteiger partial charge in [-0.25, -0.2) is 0 Å². The second kappa shape index (κ2) is 7.58. The van der Waals surface area contributed by atoms with E-state index in [-0.39, 0.29) is 0 Å². The highest BCUT2D eigenvalue weighted by Crippen LogP contribution is 2.20. The molecule has 0 spiro atoms. The molecule has 0 aliphatic heterocycles. The van der Waals surface area contributed by atoms with Gasteiger partial charge < -0.3 is 0 Å². The van der Waals surface area contributed by atoms with Gasteiger partial charge in [0.15, 0.2) is 0 Å². The van der Waals surface area contributed by atoms with E-state index < -0.39 is 0 Å². The van der Waals surface area contributed by atoms with Crippen LogP contribution >= 0.6 is 15.9 Å². The van der Waals surface area contributed by atoms with E-state index in [1.807, 2.05) is 0 Å². The third-order valence-electron chi connectivity index (χ3n) is 3.46. The topological polar surface area (TPSA) is 0 Å². The third kappa shape index (κ3) is 3.84. The lowest BCUT2D eigenvalue weighted by atomic mass is 9.99. The van der Waals surface area contributed by atoms with Crippen molar-refractivity contribution in [1.82, 2.24) is 0 Å². The van der Waals surface area contributed by atoms with Crippen LogP contribution in [0, 0.1) is 0 Å². The van der Waals surface area contributed by atoms with Crippen LogP contribution < -0.4 is 0 Å². The number of benzene rings is 2. The Morgan fingerprint density at radius 1 is 0.722 bits per heavy atom. The largest absolute Gasteiger partial charge is 0.0928 e. The highest BCUT2D eigenvalue weighted by molar-refractivity contribution is 9.09. The molecule has 0 bridgehead atoms. The van der Waals surface area contributed by atoms with Gasteiger partial charge in [0, 0.05) is 5.33 Å². The van der Waals surface area contributed by atoms with Gasteiger partial charge >= 0.3 is 0 Å². The van der Waals surface area contributed by atoms with E-state index in [9.17, 15) is 0 Å². The van der Waals surface area contributed by atoms with E-state index >= 15 is 0 Å². The molecule has 0 atom stereocenters. The lowest BCUT2D eigenvalue weighted by molar-refractivity contribution is 0.636. The fourth-order valence-electron chi connectivity index (χ4n) is 2.45. The summed E-state index contributed by atoms with van der Waals surface area (Å²) in [5.74, 6) is 0. The standard InChI is InChI=1S/C17H21Br/c18-14-7-3-1-2-4-9-15-11-8-12-16-10-5-6-13-17(15)16/h5-6,8,10-13H,1-4,7,9,14H2. The molecule has 0 aliphatic rings. The molecular formula is C17H21Br. The summed E-state index contributed by atoms with van der Waals surface area (Å²) >= 11 is 3.48. The number of fused-ring (bicyclic) bond motifs is 1. The molecule has 2 aromatic carbocycles. The van der Waals surface area contributed by atoms with Crippen molar-refractivity contribution < 1.29 is 0 Å². The summed E-state index contributed by atoms with van der Waals surface area (Å²) in [7, 11) is 0. The Hall–Kier alpha value is -0.820. The smallest absolute Gasteiger partial charge is 0.00313 e. The number of rotatable bonds is 7. The first kappa shape index (κ1) is 13.6. The summed E-state index contributed by atoms with van der Waals surface area (Å²) in [6.45, 7) is 0. The van der Waals surface area contributed by atoms with Gasteiger partial charge in [0.2, 0.25) is 0 Å². The van der Waals surface area contributed by atoms with E-state index in [0.717, 1.165) is 5.33 Å². The lowest BCUT2D eigenvalue weighted by Crippen LogP contribution is -1.88. The number of aryl methyl sites for hydroxylation is 1. The fourth-order valence-corrected chi connectivity index (χ4v) is 2.85. The Labute approximate surface area is 119 Å². The van der Waals surface area contributed by atoms with Gasteiger partial charge in [-0.05, 0) is 35.6 Å². The summed E-state index contributed by atoms with van der Waals surface area (Å²) in [6.07, 6.45) is 7.94. The summed E-state index contributed by atoms with van der Waals surface area (Å²) in [4.78, 5) is 0. The SMILES string of the molecule is BrCCCCCCCc1cccc2ccccc12. The third-order valence-corrected chi connectivity index (χ3v) is 4.02. The fraction of sp³-hybridized carbons (Fsp3) is 0.412. The van der Waals surface area contributed by atoms with Crippen molar-refractivity contribution in [2.75, 3.05) is 5.33 Å². The maximum atomic E-state index is 3.48. The van der Waals surface area contributed by atoms with Gasteiger partial charge in [0.25, 0.3) is 0 Å². The minimum Gasteiger partial charge on any atom is -0.0928 e. The highest BCUT2D eigenvalue weighted by atomic mass is 79.9. The molecular weight excluding hydrogens is 284 g/mol. The Morgan fingerprint density at radius 3 is 2.33 bits per heavy atom. The summed E-state index contributed by atoms with van der Waals surface area (Å²) in [6, 6.07) is 15.4. The molecule has 0 aromatic heterocycles. The summed E-state index contributed by atoms with van der Waals surface area (Å²) < 4.78 is 0. The van der Waals surface area contributed by atoms with Crippen LogP contribution in [-0.4, -0.2) is 5.33 Å². The van der Waals surface area contributed by atoms with Gasteiger partial charge in [-0.3, -0.25) is 0 Å². The second-order valence-electron chi connectivity index (χ2n) is 4.85. The van der Waals surface area contributed by atoms with Crippen molar-refractivity contribution in [3.05, 3.63) is 48.0 Å². The van der Waals surface area contributed by atoms with Crippen molar-refractivity contribution in [1.29, 1.82) is 0 Å². The molecule has 1 heteroatoms. The van der Waals surface area contributed by atoms with Crippen LogP contribution in [0.5, 0.6) is 0 Å². The van der Waals surface area contributed by atoms with Gasteiger partial charge in [0.05, 0.1) is 0 Å². The number of hydrogen-bond acceptors (Lipinski definition) is 0. The highest BCUT2D eigenvalue weighted by Gasteiger charge is 1.99. The number of hydrogen-bond donors (Lipinski definition) is 0. The zero-order valence-electron chi connectivity index (χ0n) is 10.9. The zero-order chi connectivity index (χ0) is 12.6.